The Morgan fingerprint density at radius 1 is 1.26 bits per heavy atom. The summed E-state index contributed by atoms with van der Waals surface area (Å²) >= 11 is 11.9. The van der Waals surface area contributed by atoms with Crippen molar-refractivity contribution in [3.63, 3.8) is 0 Å². The van der Waals surface area contributed by atoms with Gasteiger partial charge in [-0.3, -0.25) is 0 Å². The quantitative estimate of drug-likeness (QED) is 0.791. The van der Waals surface area contributed by atoms with Crippen molar-refractivity contribution in [2.45, 2.75) is 38.4 Å². The van der Waals surface area contributed by atoms with E-state index in [1.54, 1.807) is 18.2 Å². The van der Waals surface area contributed by atoms with E-state index in [2.05, 4.69) is 5.32 Å². The summed E-state index contributed by atoms with van der Waals surface area (Å²) in [4.78, 5) is 0. The summed E-state index contributed by atoms with van der Waals surface area (Å²) in [5.74, 6) is 0. The van der Waals surface area contributed by atoms with Crippen molar-refractivity contribution in [2.75, 3.05) is 6.54 Å². The first kappa shape index (κ1) is 16.6. The van der Waals surface area contributed by atoms with Crippen LogP contribution in [0.15, 0.2) is 18.2 Å². The molecule has 0 saturated carbocycles. The lowest BCUT2D eigenvalue weighted by Gasteiger charge is -2.19. The first-order valence-corrected chi connectivity index (χ1v) is 6.82. The summed E-state index contributed by atoms with van der Waals surface area (Å²) in [6.07, 6.45) is -4.47. The van der Waals surface area contributed by atoms with Crippen LogP contribution in [0.4, 0.5) is 13.2 Å². The molecule has 1 aromatic carbocycles. The number of hydrogen-bond acceptors (Lipinski definition) is 1. The molecule has 0 bridgehead atoms. The van der Waals surface area contributed by atoms with E-state index >= 15 is 0 Å². The zero-order valence-electron chi connectivity index (χ0n) is 10.5. The number of hydrogen-bond donors (Lipinski definition) is 1. The topological polar surface area (TPSA) is 12.0 Å². The molecule has 0 heterocycles. The van der Waals surface area contributed by atoms with Crippen molar-refractivity contribution in [2.24, 2.45) is 0 Å². The number of likely N-dealkylation sites (N-methyl/N-ethyl adjacent to an activating group) is 1. The van der Waals surface area contributed by atoms with E-state index in [4.69, 9.17) is 23.2 Å². The second-order valence-corrected chi connectivity index (χ2v) is 5.11. The third-order valence-corrected chi connectivity index (χ3v) is 3.62. The molecule has 0 saturated heterocycles. The van der Waals surface area contributed by atoms with E-state index < -0.39 is 12.6 Å². The minimum Gasteiger partial charge on any atom is -0.314 e. The van der Waals surface area contributed by atoms with Gasteiger partial charge in [0.05, 0.1) is 10.0 Å². The number of halogens is 5. The van der Waals surface area contributed by atoms with Crippen molar-refractivity contribution < 1.29 is 13.2 Å². The van der Waals surface area contributed by atoms with Gasteiger partial charge in [0.2, 0.25) is 0 Å². The minimum absolute atomic E-state index is 0.0280. The van der Waals surface area contributed by atoms with Crippen LogP contribution in [0, 0.1) is 0 Å². The molecule has 0 radical (unpaired) electrons. The summed E-state index contributed by atoms with van der Waals surface area (Å²) < 4.78 is 36.8. The highest BCUT2D eigenvalue weighted by molar-refractivity contribution is 6.42. The van der Waals surface area contributed by atoms with Gasteiger partial charge in [0.25, 0.3) is 0 Å². The summed E-state index contributed by atoms with van der Waals surface area (Å²) in [5, 5.41) is 3.89. The van der Waals surface area contributed by atoms with Crippen LogP contribution >= 0.6 is 23.2 Å². The maximum atomic E-state index is 12.3. The fourth-order valence-electron chi connectivity index (χ4n) is 1.87. The van der Waals surface area contributed by atoms with Crippen molar-refractivity contribution in [3.8, 4) is 0 Å². The lowest BCUT2D eigenvalue weighted by molar-refractivity contribution is -0.136. The van der Waals surface area contributed by atoms with Crippen LogP contribution in [0.25, 0.3) is 0 Å². The first-order chi connectivity index (χ1) is 8.83. The van der Waals surface area contributed by atoms with Gasteiger partial charge in [0.1, 0.15) is 0 Å². The molecule has 0 aliphatic carbocycles. The van der Waals surface area contributed by atoms with Gasteiger partial charge in [-0.05, 0) is 31.0 Å². The van der Waals surface area contributed by atoms with Crippen LogP contribution in [-0.4, -0.2) is 18.8 Å². The van der Waals surface area contributed by atoms with E-state index in [0.717, 1.165) is 5.56 Å². The van der Waals surface area contributed by atoms with Gasteiger partial charge < -0.3 is 5.32 Å². The Balaban J connectivity index is 2.70. The summed E-state index contributed by atoms with van der Waals surface area (Å²) in [7, 11) is 0. The van der Waals surface area contributed by atoms with Crippen LogP contribution in [0.1, 0.15) is 25.3 Å². The van der Waals surface area contributed by atoms with Gasteiger partial charge in [-0.25, -0.2) is 0 Å². The Labute approximate surface area is 121 Å². The molecular formula is C13H16Cl2F3N. The largest absolute Gasteiger partial charge is 0.389 e. The van der Waals surface area contributed by atoms with Gasteiger partial charge in [-0.15, -0.1) is 0 Å². The predicted molar refractivity (Wildman–Crippen MR) is 72.9 cm³/mol. The average Bonchev–Trinajstić information content (AvgIpc) is 2.31. The Morgan fingerprint density at radius 2 is 1.95 bits per heavy atom. The predicted octanol–water partition coefficient (Wildman–Crippen LogP) is 4.86. The monoisotopic (exact) mass is 313 g/mol. The highest BCUT2D eigenvalue weighted by Crippen LogP contribution is 2.28. The molecule has 1 nitrogen and oxygen atoms in total. The molecule has 0 fully saturated rings. The molecule has 1 unspecified atom stereocenters. The highest BCUT2D eigenvalue weighted by Gasteiger charge is 2.28. The van der Waals surface area contributed by atoms with Gasteiger partial charge in [-0.1, -0.05) is 42.3 Å². The summed E-state index contributed by atoms with van der Waals surface area (Å²) in [6.45, 7) is 2.47. The first-order valence-electron chi connectivity index (χ1n) is 6.06. The van der Waals surface area contributed by atoms with Crippen LogP contribution in [0.2, 0.25) is 10.0 Å². The van der Waals surface area contributed by atoms with Gasteiger partial charge in [0, 0.05) is 12.5 Å². The second-order valence-electron chi connectivity index (χ2n) is 4.33. The molecule has 6 heteroatoms. The second kappa shape index (κ2) is 7.36. The number of benzene rings is 1. The Hall–Kier alpha value is -0.450. The van der Waals surface area contributed by atoms with E-state index in [0.29, 0.717) is 23.0 Å². The average molecular weight is 314 g/mol. The highest BCUT2D eigenvalue weighted by atomic mass is 35.5. The molecular weight excluding hydrogens is 298 g/mol. The smallest absolute Gasteiger partial charge is 0.314 e. The summed E-state index contributed by atoms with van der Waals surface area (Å²) in [6, 6.07) is 4.93. The van der Waals surface area contributed by atoms with Crippen LogP contribution < -0.4 is 5.32 Å². The van der Waals surface area contributed by atoms with Crippen LogP contribution in [0.5, 0.6) is 0 Å². The maximum absolute atomic E-state index is 12.3. The molecule has 0 aromatic heterocycles. The standard InChI is InChI=1S/C13H16Cl2F3N/c1-2-19-10(6-7-13(16,17)18)8-9-4-3-5-11(14)12(9)15/h3-5,10,19H,2,6-8H2,1H3. The fourth-order valence-corrected chi connectivity index (χ4v) is 2.27. The minimum atomic E-state index is -4.13. The van der Waals surface area contributed by atoms with E-state index in [1.165, 1.54) is 0 Å². The number of rotatable bonds is 6. The number of alkyl halides is 3. The van der Waals surface area contributed by atoms with E-state index in [-0.39, 0.29) is 12.5 Å². The van der Waals surface area contributed by atoms with Gasteiger partial charge in [0.15, 0.2) is 0 Å². The molecule has 0 spiro atoms. The van der Waals surface area contributed by atoms with Gasteiger partial charge in [-0.2, -0.15) is 13.2 Å². The molecule has 0 aliphatic rings. The lowest BCUT2D eigenvalue weighted by Crippen LogP contribution is -2.32. The third-order valence-electron chi connectivity index (χ3n) is 2.77. The molecule has 108 valence electrons. The van der Waals surface area contributed by atoms with Crippen LogP contribution in [0.3, 0.4) is 0 Å². The van der Waals surface area contributed by atoms with Crippen molar-refractivity contribution in [3.05, 3.63) is 33.8 Å². The fraction of sp³-hybridized carbons (Fsp3) is 0.538. The van der Waals surface area contributed by atoms with Crippen molar-refractivity contribution >= 4 is 23.2 Å². The molecule has 1 atom stereocenters. The Bertz CT molecular complexity index is 407. The molecule has 0 aliphatic heterocycles. The van der Waals surface area contributed by atoms with E-state index in [1.807, 2.05) is 6.92 Å². The number of nitrogens with one attached hydrogen (secondary N) is 1. The normalized spacial score (nSPS) is 13.6. The Morgan fingerprint density at radius 3 is 2.53 bits per heavy atom. The third kappa shape index (κ3) is 6.02. The van der Waals surface area contributed by atoms with Crippen molar-refractivity contribution in [1.82, 2.24) is 5.32 Å². The summed E-state index contributed by atoms with van der Waals surface area (Å²) in [5.41, 5.74) is 0.766. The molecule has 1 N–H and O–H groups in total. The SMILES string of the molecule is CCNC(CCC(F)(F)F)Cc1cccc(Cl)c1Cl. The van der Waals surface area contributed by atoms with Gasteiger partial charge >= 0.3 is 6.18 Å². The maximum Gasteiger partial charge on any atom is 0.389 e. The molecule has 1 aromatic rings. The molecule has 1 rings (SSSR count). The zero-order valence-corrected chi connectivity index (χ0v) is 12.0. The Kier molecular flexibility index (Phi) is 6.43. The van der Waals surface area contributed by atoms with E-state index in [9.17, 15) is 13.2 Å². The zero-order chi connectivity index (χ0) is 14.5. The lowest BCUT2D eigenvalue weighted by atomic mass is 10.0. The molecule has 0 amide bonds. The van der Waals surface area contributed by atoms with Crippen molar-refractivity contribution in [1.29, 1.82) is 0 Å². The molecule has 19 heavy (non-hydrogen) atoms. The van der Waals surface area contributed by atoms with Crippen LogP contribution in [-0.2, 0) is 6.42 Å².